The molecule has 0 atom stereocenters. The van der Waals surface area contributed by atoms with Crippen LogP contribution in [-0.4, -0.2) is 0 Å². The van der Waals surface area contributed by atoms with Crippen LogP contribution in [0, 0.1) is 13.8 Å². The van der Waals surface area contributed by atoms with Gasteiger partial charge in [0.1, 0.15) is 0 Å². The van der Waals surface area contributed by atoms with E-state index in [0.717, 1.165) is 8.58 Å². The Bertz CT molecular complexity index is 393. The summed E-state index contributed by atoms with van der Waals surface area (Å²) in [7, 11) is 5.26. The van der Waals surface area contributed by atoms with Crippen LogP contribution in [0.25, 0.3) is 0 Å². The standard InChI is InChI=1S/C14H15P.ClH.Pd/c1-11-3-7-13(8-4-11)15-14-9-5-12(2)6-10-14;;/h3-10,15H,1-2H3;1H;/q;;+1/p-1. The van der Waals surface area contributed by atoms with E-state index in [1.54, 1.807) is 0 Å². The minimum absolute atomic E-state index is 0.769. The molecule has 2 aromatic carbocycles. The summed E-state index contributed by atoms with van der Waals surface area (Å²) in [5.41, 5.74) is 2.65. The third kappa shape index (κ3) is 5.33. The summed E-state index contributed by atoms with van der Waals surface area (Å²) in [5.74, 6) is 0. The molecule has 0 radical (unpaired) electrons. The Morgan fingerprint density at radius 1 is 0.706 bits per heavy atom. The SMILES string of the molecule is Cc1ccc(Pc2ccc(C)cc2)cc1.[Cl][Pd]. The normalized spacial score (nSPS) is 9.47. The quantitative estimate of drug-likeness (QED) is 0.570. The Kier molecular flexibility index (Phi) is 7.02. The number of benzene rings is 2. The fraction of sp³-hybridized carbons (Fsp3) is 0.143. The van der Waals surface area contributed by atoms with Crippen molar-refractivity contribution in [2.24, 2.45) is 0 Å². The van der Waals surface area contributed by atoms with Crippen LogP contribution in [0.3, 0.4) is 0 Å². The van der Waals surface area contributed by atoms with E-state index in [2.05, 4.69) is 90.1 Å². The molecule has 0 saturated heterocycles. The van der Waals surface area contributed by atoms with Crippen molar-refractivity contribution in [3.8, 4) is 0 Å². The van der Waals surface area contributed by atoms with Gasteiger partial charge < -0.3 is 0 Å². The average Bonchev–Trinajstić information content (AvgIpc) is 2.37. The van der Waals surface area contributed by atoms with Crippen molar-refractivity contribution >= 4 is 28.7 Å². The molecular formula is C14H15ClPPd. The predicted molar refractivity (Wildman–Crippen MR) is 75.8 cm³/mol. The topological polar surface area (TPSA) is 0 Å². The summed E-state index contributed by atoms with van der Waals surface area (Å²) < 4.78 is 0. The van der Waals surface area contributed by atoms with E-state index in [-0.39, 0.29) is 0 Å². The Hall–Kier alpha value is -0.178. The molecule has 2 rings (SSSR count). The van der Waals surface area contributed by atoms with Crippen molar-refractivity contribution in [2.75, 3.05) is 0 Å². The van der Waals surface area contributed by atoms with Gasteiger partial charge in [0.2, 0.25) is 0 Å². The molecule has 93 valence electrons. The maximum atomic E-state index is 4.49. The zero-order valence-corrected chi connectivity index (χ0v) is 13.1. The van der Waals surface area contributed by atoms with Crippen LogP contribution in [0.2, 0.25) is 0 Å². The van der Waals surface area contributed by atoms with E-state index in [4.69, 9.17) is 0 Å². The number of rotatable bonds is 2. The maximum absolute atomic E-state index is 4.49. The molecule has 0 N–H and O–H groups in total. The predicted octanol–water partition coefficient (Wildman–Crippen LogP) is 3.62. The van der Waals surface area contributed by atoms with Crippen LogP contribution in [0.1, 0.15) is 11.1 Å². The second kappa shape index (κ2) is 8.02. The van der Waals surface area contributed by atoms with Crippen molar-refractivity contribution < 1.29 is 18.2 Å². The molecule has 0 nitrogen and oxygen atoms in total. The van der Waals surface area contributed by atoms with E-state index < -0.39 is 0 Å². The summed E-state index contributed by atoms with van der Waals surface area (Å²) >= 11 is 2.22. The van der Waals surface area contributed by atoms with E-state index in [1.807, 2.05) is 0 Å². The summed E-state index contributed by atoms with van der Waals surface area (Å²) in [6.07, 6.45) is 0. The molecule has 3 heteroatoms. The molecule has 0 bridgehead atoms. The Balaban J connectivity index is 0.000000686. The van der Waals surface area contributed by atoms with Gasteiger partial charge in [-0.25, -0.2) is 0 Å². The summed E-state index contributed by atoms with van der Waals surface area (Å²) in [6.45, 7) is 4.25. The van der Waals surface area contributed by atoms with E-state index >= 15 is 0 Å². The second-order valence-corrected chi connectivity index (χ2v) is 5.26. The van der Waals surface area contributed by atoms with Crippen molar-refractivity contribution in [2.45, 2.75) is 13.8 Å². The first-order valence-electron chi connectivity index (χ1n) is 5.26. The third-order valence-corrected chi connectivity index (χ3v) is 3.64. The molecule has 17 heavy (non-hydrogen) atoms. The fourth-order valence-electron chi connectivity index (χ4n) is 1.44. The Morgan fingerprint density at radius 2 is 1.00 bits per heavy atom. The van der Waals surface area contributed by atoms with Gasteiger partial charge in [-0.3, -0.25) is 0 Å². The number of hydrogen-bond acceptors (Lipinski definition) is 0. The molecule has 2 aromatic rings. The monoisotopic (exact) mass is 355 g/mol. The number of halogens is 1. The van der Waals surface area contributed by atoms with Crippen LogP contribution >= 0.6 is 18.1 Å². The fourth-order valence-corrected chi connectivity index (χ4v) is 2.44. The molecule has 0 saturated carbocycles. The number of aryl methyl sites for hydroxylation is 2. The second-order valence-electron chi connectivity index (χ2n) is 3.86. The van der Waals surface area contributed by atoms with Crippen LogP contribution < -0.4 is 10.6 Å². The molecule has 0 spiro atoms. The average molecular weight is 356 g/mol. The van der Waals surface area contributed by atoms with Gasteiger partial charge in [0.15, 0.2) is 0 Å². The van der Waals surface area contributed by atoms with Crippen LogP contribution in [0.15, 0.2) is 48.5 Å². The molecule has 0 fully saturated rings. The van der Waals surface area contributed by atoms with E-state index in [1.165, 1.54) is 21.7 Å². The molecule has 0 aliphatic carbocycles. The van der Waals surface area contributed by atoms with Crippen molar-refractivity contribution in [1.29, 1.82) is 0 Å². The summed E-state index contributed by atoms with van der Waals surface area (Å²) in [6, 6.07) is 17.6. The van der Waals surface area contributed by atoms with Crippen molar-refractivity contribution in [3.63, 3.8) is 0 Å². The van der Waals surface area contributed by atoms with E-state index in [0.29, 0.717) is 0 Å². The molecule has 0 amide bonds. The molecule has 0 unspecified atom stereocenters. The Labute approximate surface area is 120 Å². The Morgan fingerprint density at radius 3 is 1.29 bits per heavy atom. The van der Waals surface area contributed by atoms with Gasteiger partial charge >= 0.3 is 27.7 Å². The summed E-state index contributed by atoms with van der Waals surface area (Å²) in [5, 5.41) is 2.81. The van der Waals surface area contributed by atoms with Crippen LogP contribution in [-0.2, 0) is 18.2 Å². The molecule has 0 aromatic heterocycles. The number of hydrogen-bond donors (Lipinski definition) is 0. The van der Waals surface area contributed by atoms with Gasteiger partial charge in [-0.1, -0.05) is 68.2 Å². The molecule has 0 heterocycles. The zero-order valence-electron chi connectivity index (χ0n) is 9.81. The minimum atomic E-state index is 0.769. The first-order valence-corrected chi connectivity index (χ1v) is 8.26. The molecule has 0 aliphatic rings. The first-order chi connectivity index (χ1) is 8.24. The van der Waals surface area contributed by atoms with E-state index in [9.17, 15) is 0 Å². The van der Waals surface area contributed by atoms with Crippen LogP contribution in [0.5, 0.6) is 0 Å². The molecule has 0 aliphatic heterocycles. The summed E-state index contributed by atoms with van der Waals surface area (Å²) in [4.78, 5) is 0. The van der Waals surface area contributed by atoms with Gasteiger partial charge in [-0.15, -0.1) is 0 Å². The molecular weight excluding hydrogens is 341 g/mol. The van der Waals surface area contributed by atoms with Gasteiger partial charge in [0.25, 0.3) is 0 Å². The first kappa shape index (κ1) is 14.9. The van der Waals surface area contributed by atoms with Crippen molar-refractivity contribution in [3.05, 3.63) is 59.7 Å². The zero-order chi connectivity index (χ0) is 12.7. The van der Waals surface area contributed by atoms with Gasteiger partial charge in [0.05, 0.1) is 0 Å². The van der Waals surface area contributed by atoms with Gasteiger partial charge in [-0.05, 0) is 24.5 Å². The van der Waals surface area contributed by atoms with Gasteiger partial charge in [0, 0.05) is 0 Å². The van der Waals surface area contributed by atoms with Crippen molar-refractivity contribution in [1.82, 2.24) is 0 Å². The van der Waals surface area contributed by atoms with Crippen LogP contribution in [0.4, 0.5) is 0 Å². The third-order valence-electron chi connectivity index (χ3n) is 2.39. The van der Waals surface area contributed by atoms with Gasteiger partial charge in [-0.2, -0.15) is 0 Å².